The van der Waals surface area contributed by atoms with Gasteiger partial charge in [0.25, 0.3) is 5.92 Å². The van der Waals surface area contributed by atoms with Gasteiger partial charge in [-0.3, -0.25) is 5.32 Å². The Bertz CT molecular complexity index is 1010. The predicted molar refractivity (Wildman–Crippen MR) is 92.1 cm³/mol. The van der Waals surface area contributed by atoms with Crippen LogP contribution in [0.25, 0.3) is 0 Å². The van der Waals surface area contributed by atoms with Gasteiger partial charge in [-0.2, -0.15) is 13.2 Å². The topological polar surface area (TPSA) is 52.5 Å². The van der Waals surface area contributed by atoms with Gasteiger partial charge in [0.05, 0.1) is 6.10 Å². The van der Waals surface area contributed by atoms with Crippen LogP contribution >= 0.6 is 0 Å². The fraction of sp³-hybridized carbons (Fsp3) is 0.400. The second-order valence-corrected chi connectivity index (χ2v) is 7.59. The van der Waals surface area contributed by atoms with Crippen LogP contribution in [0.15, 0.2) is 24.3 Å². The lowest BCUT2D eigenvalue weighted by atomic mass is 9.75. The van der Waals surface area contributed by atoms with Crippen LogP contribution < -0.4 is 5.32 Å². The summed E-state index contributed by atoms with van der Waals surface area (Å²) in [6.07, 6.45) is -9.38. The molecule has 2 aromatic carbocycles. The molecule has 0 saturated heterocycles. The summed E-state index contributed by atoms with van der Waals surface area (Å²) in [4.78, 5) is 0. The highest BCUT2D eigenvalue weighted by molar-refractivity contribution is 5.63. The molecule has 0 saturated carbocycles. The zero-order valence-corrected chi connectivity index (χ0v) is 15.2. The van der Waals surface area contributed by atoms with Crippen LogP contribution in [0.2, 0.25) is 0 Å². The molecule has 3 atom stereocenters. The van der Waals surface area contributed by atoms with Gasteiger partial charge in [0, 0.05) is 35.2 Å². The molecule has 10 heteroatoms. The molecule has 4 rings (SSSR count). The number of nitrogens with one attached hydrogen (secondary N) is 1. The van der Waals surface area contributed by atoms with E-state index in [2.05, 4.69) is 0 Å². The summed E-state index contributed by atoms with van der Waals surface area (Å²) < 4.78 is 95.2. The van der Waals surface area contributed by atoms with E-state index in [1.165, 1.54) is 11.4 Å². The fourth-order valence-corrected chi connectivity index (χ4v) is 4.51. The number of fused-ring (bicyclic) bond motifs is 2. The first kappa shape index (κ1) is 20.9. The van der Waals surface area contributed by atoms with Gasteiger partial charge in [-0.05, 0) is 41.7 Å². The van der Waals surface area contributed by atoms with Crippen LogP contribution in [0.1, 0.15) is 58.8 Å². The van der Waals surface area contributed by atoms with E-state index < -0.39 is 59.7 Å². The second kappa shape index (κ2) is 6.84. The second-order valence-electron chi connectivity index (χ2n) is 7.59. The molecule has 0 amide bonds. The minimum atomic E-state index is -4.92. The molecule has 30 heavy (non-hydrogen) atoms. The van der Waals surface area contributed by atoms with Gasteiger partial charge in [0.1, 0.15) is 17.7 Å². The molecule has 3 unspecified atom stereocenters. The molecule has 3 nitrogen and oxygen atoms in total. The molecule has 0 aromatic heterocycles. The first-order valence-corrected chi connectivity index (χ1v) is 9.12. The van der Waals surface area contributed by atoms with E-state index >= 15 is 0 Å². The van der Waals surface area contributed by atoms with E-state index in [0.717, 1.165) is 12.1 Å². The highest BCUT2D eigenvalue weighted by atomic mass is 19.4. The zero-order chi connectivity index (χ0) is 22.0. The van der Waals surface area contributed by atoms with E-state index in [1.807, 2.05) is 0 Å². The molecule has 2 aliphatic rings. The number of anilines is 1. The Morgan fingerprint density at radius 3 is 2.33 bits per heavy atom. The number of aliphatic hydroxyl groups is 2. The van der Waals surface area contributed by atoms with Crippen molar-refractivity contribution in [2.75, 3.05) is 5.32 Å². The van der Waals surface area contributed by atoms with Gasteiger partial charge in [-0.1, -0.05) is 6.07 Å². The molecule has 0 fully saturated rings. The number of hydrogen-bond donors (Lipinski definition) is 3. The van der Waals surface area contributed by atoms with Crippen molar-refractivity contribution in [3.8, 4) is 0 Å². The number of aliphatic hydroxyl groups excluding tert-OH is 2. The van der Waals surface area contributed by atoms with E-state index in [1.54, 1.807) is 0 Å². The SMILES string of the molecule is OC1CCC(c2ccc(NC(F)(F)F)c3c2CC(F)(F)C3O)c2c(F)cc(F)cc21. The number of halogens is 7. The highest BCUT2D eigenvalue weighted by Gasteiger charge is 2.50. The van der Waals surface area contributed by atoms with Crippen molar-refractivity contribution in [3.63, 3.8) is 0 Å². The highest BCUT2D eigenvalue weighted by Crippen LogP contribution is 2.52. The quantitative estimate of drug-likeness (QED) is 0.456. The Hall–Kier alpha value is -2.33. The van der Waals surface area contributed by atoms with Gasteiger partial charge in [-0.25, -0.2) is 17.6 Å². The minimum absolute atomic E-state index is 0.0275. The standard InChI is InChI=1S/C20H16F7NO2/c21-8-5-11-15(29)4-2-10(16(11)13(22)6-8)9-1-3-14(28-20(25,26)27)17-12(9)7-19(23,24)18(17)30/h1,3,5-6,10,15,18,28-30H,2,4,7H2. The fourth-order valence-electron chi connectivity index (χ4n) is 4.51. The van der Waals surface area contributed by atoms with Crippen molar-refractivity contribution >= 4 is 5.69 Å². The Labute approximate surface area is 166 Å². The average Bonchev–Trinajstić information content (AvgIpc) is 2.85. The Kier molecular flexibility index (Phi) is 4.77. The number of rotatable bonds is 2. The van der Waals surface area contributed by atoms with Crippen LogP contribution in [0.5, 0.6) is 0 Å². The van der Waals surface area contributed by atoms with Gasteiger partial charge < -0.3 is 10.2 Å². The summed E-state index contributed by atoms with van der Waals surface area (Å²) >= 11 is 0. The van der Waals surface area contributed by atoms with Gasteiger partial charge >= 0.3 is 6.30 Å². The Morgan fingerprint density at radius 2 is 1.67 bits per heavy atom. The zero-order valence-electron chi connectivity index (χ0n) is 15.2. The third-order valence-corrected chi connectivity index (χ3v) is 5.69. The summed E-state index contributed by atoms with van der Waals surface area (Å²) in [5, 5.41) is 21.3. The summed E-state index contributed by atoms with van der Waals surface area (Å²) in [6, 6.07) is 3.65. The summed E-state index contributed by atoms with van der Waals surface area (Å²) in [7, 11) is 0. The monoisotopic (exact) mass is 435 g/mol. The third-order valence-electron chi connectivity index (χ3n) is 5.69. The number of hydrogen-bond acceptors (Lipinski definition) is 3. The average molecular weight is 435 g/mol. The molecule has 0 radical (unpaired) electrons. The third kappa shape index (κ3) is 3.41. The van der Waals surface area contributed by atoms with E-state index in [9.17, 15) is 40.9 Å². The van der Waals surface area contributed by atoms with Crippen LogP contribution in [-0.2, 0) is 6.42 Å². The van der Waals surface area contributed by atoms with Crippen molar-refractivity contribution in [2.24, 2.45) is 0 Å². The van der Waals surface area contributed by atoms with Gasteiger partial charge in [0.15, 0.2) is 0 Å². The smallest absolute Gasteiger partial charge is 0.388 e. The van der Waals surface area contributed by atoms with E-state index in [-0.39, 0.29) is 35.1 Å². The lowest BCUT2D eigenvalue weighted by Crippen LogP contribution is -2.24. The maximum absolute atomic E-state index is 14.6. The van der Waals surface area contributed by atoms with Crippen molar-refractivity contribution < 1.29 is 40.9 Å². The Morgan fingerprint density at radius 1 is 0.967 bits per heavy atom. The maximum Gasteiger partial charge on any atom is 0.482 e. The molecule has 3 N–H and O–H groups in total. The van der Waals surface area contributed by atoms with Crippen molar-refractivity contribution in [1.82, 2.24) is 0 Å². The molecule has 2 aliphatic carbocycles. The number of benzene rings is 2. The largest absolute Gasteiger partial charge is 0.482 e. The van der Waals surface area contributed by atoms with E-state index in [0.29, 0.717) is 6.07 Å². The minimum Gasteiger partial charge on any atom is -0.388 e. The Balaban J connectivity index is 1.90. The van der Waals surface area contributed by atoms with Crippen LogP contribution in [0, 0.1) is 11.6 Å². The number of alkyl halides is 5. The van der Waals surface area contributed by atoms with Crippen molar-refractivity contribution in [2.45, 2.75) is 49.6 Å². The van der Waals surface area contributed by atoms with Crippen molar-refractivity contribution in [3.05, 3.63) is 63.7 Å². The summed E-state index contributed by atoms with van der Waals surface area (Å²) in [5.74, 6) is -6.49. The lowest BCUT2D eigenvalue weighted by Gasteiger charge is -2.31. The molecular weight excluding hydrogens is 419 g/mol. The van der Waals surface area contributed by atoms with Gasteiger partial charge in [-0.15, -0.1) is 0 Å². The van der Waals surface area contributed by atoms with Crippen LogP contribution in [0.4, 0.5) is 36.4 Å². The molecule has 0 spiro atoms. The summed E-state index contributed by atoms with van der Waals surface area (Å²) in [5.41, 5.74) is -1.50. The first-order valence-electron chi connectivity index (χ1n) is 9.12. The van der Waals surface area contributed by atoms with Crippen LogP contribution in [0.3, 0.4) is 0 Å². The predicted octanol–water partition coefficient (Wildman–Crippen LogP) is 5.08. The van der Waals surface area contributed by atoms with Gasteiger partial charge in [0.2, 0.25) is 0 Å². The first-order chi connectivity index (χ1) is 13.9. The molecular formula is C20H16F7NO2. The summed E-state index contributed by atoms with van der Waals surface area (Å²) in [6.45, 7) is 0. The van der Waals surface area contributed by atoms with Crippen LogP contribution in [-0.4, -0.2) is 22.4 Å². The van der Waals surface area contributed by atoms with E-state index in [4.69, 9.17) is 0 Å². The normalized spacial score (nSPS) is 25.0. The molecule has 2 aromatic rings. The molecule has 0 heterocycles. The van der Waals surface area contributed by atoms with Crippen molar-refractivity contribution in [1.29, 1.82) is 0 Å². The molecule has 0 bridgehead atoms. The lowest BCUT2D eigenvalue weighted by molar-refractivity contribution is -0.103. The maximum atomic E-state index is 14.6. The molecule has 162 valence electrons. The molecule has 0 aliphatic heterocycles.